The fraction of sp³-hybridized carbons (Fsp3) is 0.387. The third kappa shape index (κ3) is 6.33. The number of likely N-dealkylation sites (tertiary alicyclic amines) is 2. The number of aromatic nitrogens is 1. The second-order valence-electron chi connectivity index (χ2n) is 10.5. The molecule has 2 aliphatic heterocycles. The molecule has 3 aromatic rings. The molecule has 3 heterocycles. The first-order chi connectivity index (χ1) is 18.9. The molecule has 0 unspecified atom stereocenters. The van der Waals surface area contributed by atoms with Crippen molar-refractivity contribution in [1.29, 1.82) is 0 Å². The molecular formula is C31H34F2N4O2. The lowest BCUT2D eigenvalue weighted by atomic mass is 9.89. The minimum atomic E-state index is -0.968. The predicted molar refractivity (Wildman–Crippen MR) is 147 cm³/mol. The number of halogens is 2. The molecule has 0 bridgehead atoms. The zero-order valence-electron chi connectivity index (χ0n) is 22.3. The Labute approximate surface area is 228 Å². The zero-order chi connectivity index (χ0) is 27.4. The Hall–Kier alpha value is -3.65. The number of piperidine rings is 1. The molecule has 0 atom stereocenters. The highest BCUT2D eigenvalue weighted by Crippen LogP contribution is 2.30. The van der Waals surface area contributed by atoms with Crippen LogP contribution in [-0.4, -0.2) is 59.3 Å². The Balaban J connectivity index is 1.11. The Morgan fingerprint density at radius 2 is 1.67 bits per heavy atom. The van der Waals surface area contributed by atoms with Crippen molar-refractivity contribution in [2.24, 2.45) is 0 Å². The number of nitrogens with one attached hydrogen (secondary N) is 1. The van der Waals surface area contributed by atoms with E-state index < -0.39 is 11.6 Å². The number of pyridine rings is 1. The summed E-state index contributed by atoms with van der Waals surface area (Å²) >= 11 is 0. The fourth-order valence-corrected chi connectivity index (χ4v) is 5.50. The van der Waals surface area contributed by atoms with Crippen LogP contribution in [0.2, 0.25) is 0 Å². The van der Waals surface area contributed by atoms with Crippen molar-refractivity contribution in [2.75, 3.05) is 38.0 Å². The minimum Gasteiger partial charge on any atom is -0.339 e. The third-order valence-electron chi connectivity index (χ3n) is 7.96. The number of anilines is 1. The number of benzene rings is 2. The van der Waals surface area contributed by atoms with Gasteiger partial charge < -0.3 is 15.1 Å². The molecule has 0 radical (unpaired) electrons. The molecule has 2 fully saturated rings. The summed E-state index contributed by atoms with van der Waals surface area (Å²) in [5.41, 5.74) is 3.63. The zero-order valence-corrected chi connectivity index (χ0v) is 22.3. The van der Waals surface area contributed by atoms with Crippen LogP contribution in [0.3, 0.4) is 0 Å². The van der Waals surface area contributed by atoms with Gasteiger partial charge in [0.15, 0.2) is 11.6 Å². The van der Waals surface area contributed by atoms with Crippen LogP contribution in [0.4, 0.5) is 14.5 Å². The van der Waals surface area contributed by atoms with Gasteiger partial charge in [0.05, 0.1) is 5.56 Å². The third-order valence-corrected chi connectivity index (χ3v) is 7.96. The van der Waals surface area contributed by atoms with Gasteiger partial charge in [-0.3, -0.25) is 14.6 Å². The highest BCUT2D eigenvalue weighted by Gasteiger charge is 2.26. The van der Waals surface area contributed by atoms with E-state index in [0.29, 0.717) is 24.3 Å². The Morgan fingerprint density at radius 1 is 0.949 bits per heavy atom. The van der Waals surface area contributed by atoms with Gasteiger partial charge in [-0.1, -0.05) is 12.1 Å². The van der Waals surface area contributed by atoms with Gasteiger partial charge in [-0.15, -0.1) is 0 Å². The smallest absolute Gasteiger partial charge is 0.257 e. The van der Waals surface area contributed by atoms with Crippen LogP contribution in [0.5, 0.6) is 0 Å². The molecule has 39 heavy (non-hydrogen) atoms. The summed E-state index contributed by atoms with van der Waals surface area (Å²) in [5, 5.41) is 2.94. The number of rotatable bonds is 7. The van der Waals surface area contributed by atoms with E-state index in [1.54, 1.807) is 11.1 Å². The van der Waals surface area contributed by atoms with Crippen LogP contribution in [0.15, 0.2) is 54.7 Å². The lowest BCUT2D eigenvalue weighted by Gasteiger charge is -2.32. The Morgan fingerprint density at radius 3 is 2.33 bits per heavy atom. The van der Waals surface area contributed by atoms with Crippen LogP contribution >= 0.6 is 0 Å². The SMILES string of the molecule is Cc1c(C(=O)N2CCC(c3ccc(NC(=O)c4ccc(CCN5CCCC5)nc4)cc3)CC2)ccc(F)c1F. The molecule has 6 nitrogen and oxygen atoms in total. The van der Waals surface area contributed by atoms with Crippen molar-refractivity contribution >= 4 is 17.5 Å². The topological polar surface area (TPSA) is 65.5 Å². The quantitative estimate of drug-likeness (QED) is 0.432. The van der Waals surface area contributed by atoms with Gasteiger partial charge in [0.1, 0.15) is 0 Å². The van der Waals surface area contributed by atoms with Crippen molar-refractivity contribution in [2.45, 2.75) is 44.9 Å². The van der Waals surface area contributed by atoms with Crippen molar-refractivity contribution in [3.8, 4) is 0 Å². The second-order valence-corrected chi connectivity index (χ2v) is 10.5. The van der Waals surface area contributed by atoms with Crippen molar-refractivity contribution in [1.82, 2.24) is 14.8 Å². The summed E-state index contributed by atoms with van der Waals surface area (Å²) < 4.78 is 27.4. The summed E-state index contributed by atoms with van der Waals surface area (Å²) in [5.74, 6) is -2.09. The normalized spacial score (nSPS) is 16.4. The summed E-state index contributed by atoms with van der Waals surface area (Å²) in [6.45, 7) is 5.85. The first kappa shape index (κ1) is 26.9. The maximum absolute atomic E-state index is 13.9. The largest absolute Gasteiger partial charge is 0.339 e. The number of amides is 2. The molecule has 1 N–H and O–H groups in total. The van der Waals surface area contributed by atoms with Crippen LogP contribution in [0.25, 0.3) is 0 Å². The van der Waals surface area contributed by atoms with Gasteiger partial charge in [0, 0.05) is 54.8 Å². The van der Waals surface area contributed by atoms with Crippen LogP contribution < -0.4 is 5.32 Å². The van der Waals surface area contributed by atoms with E-state index in [9.17, 15) is 18.4 Å². The molecule has 0 saturated carbocycles. The van der Waals surface area contributed by atoms with E-state index in [2.05, 4.69) is 15.2 Å². The Kier molecular flexibility index (Phi) is 8.31. The van der Waals surface area contributed by atoms with E-state index in [1.165, 1.54) is 25.8 Å². The van der Waals surface area contributed by atoms with Gasteiger partial charge in [-0.2, -0.15) is 0 Å². The van der Waals surface area contributed by atoms with E-state index in [4.69, 9.17) is 0 Å². The van der Waals surface area contributed by atoms with E-state index in [0.717, 1.165) is 56.2 Å². The fourth-order valence-electron chi connectivity index (χ4n) is 5.50. The standard InChI is InChI=1S/C31H34F2N4O2/c1-21-27(10-11-28(32)29(21)33)31(39)37-18-12-23(13-19-37)22-4-8-26(9-5-22)35-30(38)24-6-7-25(34-20-24)14-17-36-15-2-3-16-36/h4-11,20,23H,2-3,12-19H2,1H3,(H,35,38). The summed E-state index contributed by atoms with van der Waals surface area (Å²) in [7, 11) is 0. The Bertz CT molecular complexity index is 1310. The second kappa shape index (κ2) is 12.0. The molecule has 2 saturated heterocycles. The van der Waals surface area contributed by atoms with Crippen LogP contribution in [-0.2, 0) is 6.42 Å². The molecule has 2 amide bonds. The molecule has 0 spiro atoms. The van der Waals surface area contributed by atoms with Gasteiger partial charge >= 0.3 is 0 Å². The van der Waals surface area contributed by atoms with Gasteiger partial charge in [0.2, 0.25) is 0 Å². The monoisotopic (exact) mass is 532 g/mol. The van der Waals surface area contributed by atoms with Crippen LogP contribution in [0.1, 0.15) is 69.1 Å². The summed E-state index contributed by atoms with van der Waals surface area (Å²) in [4.78, 5) is 34.2. The molecule has 2 aliphatic rings. The van der Waals surface area contributed by atoms with Crippen molar-refractivity contribution < 1.29 is 18.4 Å². The van der Waals surface area contributed by atoms with E-state index >= 15 is 0 Å². The van der Waals surface area contributed by atoms with Crippen LogP contribution in [0, 0.1) is 18.6 Å². The number of hydrogen-bond acceptors (Lipinski definition) is 4. The lowest BCUT2D eigenvalue weighted by molar-refractivity contribution is 0.0711. The number of hydrogen-bond donors (Lipinski definition) is 1. The number of carbonyl (C=O) groups excluding carboxylic acids is 2. The van der Waals surface area contributed by atoms with Gasteiger partial charge in [0.25, 0.3) is 11.8 Å². The molecule has 2 aromatic carbocycles. The summed E-state index contributed by atoms with van der Waals surface area (Å²) in [6, 6.07) is 13.9. The highest BCUT2D eigenvalue weighted by molar-refractivity contribution is 6.04. The highest BCUT2D eigenvalue weighted by atomic mass is 19.2. The van der Waals surface area contributed by atoms with E-state index in [-0.39, 0.29) is 28.9 Å². The molecule has 0 aliphatic carbocycles. The van der Waals surface area contributed by atoms with E-state index in [1.807, 2.05) is 36.4 Å². The van der Waals surface area contributed by atoms with Crippen molar-refractivity contribution in [3.05, 3.63) is 94.3 Å². The molecule has 8 heteroatoms. The first-order valence-corrected chi connectivity index (χ1v) is 13.7. The minimum absolute atomic E-state index is 0.0454. The predicted octanol–water partition coefficient (Wildman–Crippen LogP) is 5.58. The maximum atomic E-state index is 13.9. The molecular weight excluding hydrogens is 498 g/mol. The maximum Gasteiger partial charge on any atom is 0.257 e. The van der Waals surface area contributed by atoms with Gasteiger partial charge in [-0.05, 0) is 93.6 Å². The molecule has 1 aromatic heterocycles. The first-order valence-electron chi connectivity index (χ1n) is 13.7. The lowest BCUT2D eigenvalue weighted by Crippen LogP contribution is -2.38. The average Bonchev–Trinajstić information content (AvgIpc) is 3.49. The number of carbonyl (C=O) groups is 2. The molecule has 5 rings (SSSR count). The van der Waals surface area contributed by atoms with Gasteiger partial charge in [-0.25, -0.2) is 8.78 Å². The molecule has 204 valence electrons. The number of nitrogens with zero attached hydrogens (tertiary/aromatic N) is 3. The average molecular weight is 533 g/mol. The summed E-state index contributed by atoms with van der Waals surface area (Å²) in [6.07, 6.45) is 6.62. The van der Waals surface area contributed by atoms with Crippen molar-refractivity contribution in [3.63, 3.8) is 0 Å².